The van der Waals surface area contributed by atoms with Crippen LogP contribution < -0.4 is 10.9 Å². The molecule has 0 aromatic carbocycles. The van der Waals surface area contributed by atoms with Crippen molar-refractivity contribution < 1.29 is 4.79 Å². The van der Waals surface area contributed by atoms with Gasteiger partial charge in [0.05, 0.1) is 16.7 Å². The summed E-state index contributed by atoms with van der Waals surface area (Å²) in [5.41, 5.74) is 1.53. The molecule has 2 aliphatic rings. The van der Waals surface area contributed by atoms with Gasteiger partial charge in [-0.3, -0.25) is 9.59 Å². The van der Waals surface area contributed by atoms with E-state index in [9.17, 15) is 9.59 Å². The first kappa shape index (κ1) is 16.4. The Kier molecular flexibility index (Phi) is 4.41. The molecular formula is C18H22N4O2S. The quantitative estimate of drug-likeness (QED) is 0.912. The molecule has 2 aromatic rings. The van der Waals surface area contributed by atoms with E-state index >= 15 is 0 Å². The zero-order valence-electron chi connectivity index (χ0n) is 14.3. The second kappa shape index (κ2) is 6.71. The van der Waals surface area contributed by atoms with E-state index in [0.717, 1.165) is 36.4 Å². The van der Waals surface area contributed by atoms with Crippen LogP contribution in [0.5, 0.6) is 0 Å². The molecule has 2 fully saturated rings. The number of aryl methyl sites for hydroxylation is 1. The lowest BCUT2D eigenvalue weighted by atomic mass is 9.91. The first-order valence-corrected chi connectivity index (χ1v) is 9.81. The van der Waals surface area contributed by atoms with Crippen LogP contribution in [-0.2, 0) is 0 Å². The molecule has 0 aliphatic heterocycles. The molecule has 1 N–H and O–H groups in total. The van der Waals surface area contributed by atoms with E-state index in [4.69, 9.17) is 0 Å². The van der Waals surface area contributed by atoms with E-state index in [1.54, 1.807) is 16.1 Å². The normalized spacial score (nSPS) is 23.4. The smallest absolute Gasteiger partial charge is 0.270 e. The molecule has 4 rings (SSSR count). The number of nitrogens with zero attached hydrogens (tertiary/aromatic N) is 3. The average Bonchev–Trinajstić information content (AvgIpc) is 3.37. The summed E-state index contributed by atoms with van der Waals surface area (Å²) in [6.45, 7) is 1.90. The molecule has 2 aromatic heterocycles. The van der Waals surface area contributed by atoms with Crippen LogP contribution in [0, 0.1) is 6.92 Å². The zero-order valence-corrected chi connectivity index (χ0v) is 15.1. The molecule has 2 saturated carbocycles. The maximum Gasteiger partial charge on any atom is 0.270 e. The zero-order chi connectivity index (χ0) is 17.4. The van der Waals surface area contributed by atoms with Crippen molar-refractivity contribution in [3.63, 3.8) is 0 Å². The Morgan fingerprint density at radius 2 is 1.96 bits per heavy atom. The third-order valence-electron chi connectivity index (χ3n) is 5.07. The lowest BCUT2D eigenvalue weighted by molar-refractivity contribution is 0.0916. The number of carbonyl (C=O) groups is 1. The highest BCUT2D eigenvalue weighted by atomic mass is 32.1. The summed E-state index contributed by atoms with van der Waals surface area (Å²) in [6, 6.07) is 3.81. The van der Waals surface area contributed by atoms with Gasteiger partial charge in [0.2, 0.25) is 0 Å². The van der Waals surface area contributed by atoms with Gasteiger partial charge in [-0.25, -0.2) is 9.67 Å². The van der Waals surface area contributed by atoms with Gasteiger partial charge in [0.15, 0.2) is 0 Å². The van der Waals surface area contributed by atoms with Gasteiger partial charge in [0.25, 0.3) is 11.5 Å². The summed E-state index contributed by atoms with van der Waals surface area (Å²) < 4.78 is 1.68. The van der Waals surface area contributed by atoms with Crippen molar-refractivity contribution in [3.05, 3.63) is 44.3 Å². The number of amides is 1. The molecule has 0 radical (unpaired) electrons. The maximum absolute atomic E-state index is 12.2. The highest BCUT2D eigenvalue weighted by Crippen LogP contribution is 2.38. The molecule has 25 heavy (non-hydrogen) atoms. The fraction of sp³-hybridized carbons (Fsp3) is 0.556. The fourth-order valence-electron chi connectivity index (χ4n) is 3.49. The Balaban J connectivity index is 1.37. The number of hydrogen-bond acceptors (Lipinski definition) is 5. The van der Waals surface area contributed by atoms with Crippen molar-refractivity contribution in [2.45, 2.75) is 63.5 Å². The van der Waals surface area contributed by atoms with Gasteiger partial charge < -0.3 is 5.32 Å². The predicted molar refractivity (Wildman–Crippen MR) is 96.1 cm³/mol. The van der Waals surface area contributed by atoms with Crippen LogP contribution in [0.1, 0.15) is 71.7 Å². The Morgan fingerprint density at radius 1 is 1.20 bits per heavy atom. The number of thiazole rings is 1. The van der Waals surface area contributed by atoms with Crippen molar-refractivity contribution >= 4 is 17.2 Å². The predicted octanol–water partition coefficient (Wildman–Crippen LogP) is 2.80. The molecule has 132 valence electrons. The first-order chi connectivity index (χ1) is 12.1. The molecular weight excluding hydrogens is 336 g/mol. The van der Waals surface area contributed by atoms with Gasteiger partial charge in [-0.05, 0) is 51.5 Å². The summed E-state index contributed by atoms with van der Waals surface area (Å²) in [6.07, 6.45) is 5.81. The summed E-state index contributed by atoms with van der Waals surface area (Å²) >= 11 is 1.48. The van der Waals surface area contributed by atoms with E-state index < -0.39 is 0 Å². The molecule has 0 bridgehead atoms. The second-order valence-electron chi connectivity index (χ2n) is 7.05. The molecule has 0 atom stereocenters. The van der Waals surface area contributed by atoms with E-state index in [0.29, 0.717) is 11.6 Å². The molecule has 6 nitrogen and oxygen atoms in total. The lowest BCUT2D eigenvalue weighted by Crippen LogP contribution is -2.39. The van der Waals surface area contributed by atoms with Gasteiger partial charge >= 0.3 is 0 Å². The van der Waals surface area contributed by atoms with Crippen molar-refractivity contribution in [1.82, 2.24) is 20.1 Å². The third-order valence-corrected chi connectivity index (χ3v) is 5.84. The Labute approximate surface area is 150 Å². The highest BCUT2D eigenvalue weighted by molar-refractivity contribution is 7.09. The van der Waals surface area contributed by atoms with Crippen LogP contribution >= 0.6 is 11.3 Å². The van der Waals surface area contributed by atoms with Crippen molar-refractivity contribution in [1.29, 1.82) is 0 Å². The van der Waals surface area contributed by atoms with E-state index in [-0.39, 0.29) is 23.6 Å². The van der Waals surface area contributed by atoms with Gasteiger partial charge in [0, 0.05) is 23.4 Å². The minimum absolute atomic E-state index is 0.0187. The number of hydrogen-bond donors (Lipinski definition) is 1. The maximum atomic E-state index is 12.2. The van der Waals surface area contributed by atoms with Crippen LogP contribution in [-0.4, -0.2) is 26.7 Å². The Hall–Kier alpha value is -2.02. The van der Waals surface area contributed by atoms with Gasteiger partial charge in [-0.1, -0.05) is 0 Å². The minimum atomic E-state index is -0.0983. The fourth-order valence-corrected chi connectivity index (χ4v) is 4.08. The Morgan fingerprint density at radius 3 is 2.60 bits per heavy atom. The second-order valence-corrected chi connectivity index (χ2v) is 8.11. The Bertz CT molecular complexity index is 832. The van der Waals surface area contributed by atoms with Gasteiger partial charge in [-0.2, -0.15) is 5.10 Å². The van der Waals surface area contributed by atoms with Crippen LogP contribution in [0.3, 0.4) is 0 Å². The van der Waals surface area contributed by atoms with Crippen LogP contribution in [0.2, 0.25) is 0 Å². The first-order valence-electron chi connectivity index (χ1n) is 8.93. The molecule has 2 aliphatic carbocycles. The van der Waals surface area contributed by atoms with E-state index in [1.807, 2.05) is 13.0 Å². The standard InChI is InChI=1S/C18H22N4O2S/c1-11-19-16(10-25-11)18(24)20-13-4-6-14(7-5-13)22-17(23)9-8-15(21-22)12-2-3-12/h8-10,12-14H,2-7H2,1H3,(H,20,24). The number of nitrogens with one attached hydrogen (secondary N) is 1. The highest BCUT2D eigenvalue weighted by Gasteiger charge is 2.28. The van der Waals surface area contributed by atoms with Crippen molar-refractivity contribution in [2.24, 2.45) is 0 Å². The molecule has 0 saturated heterocycles. The van der Waals surface area contributed by atoms with E-state index in [1.165, 1.54) is 24.2 Å². The molecule has 7 heteroatoms. The topological polar surface area (TPSA) is 76.9 Å². The van der Waals surface area contributed by atoms with Crippen molar-refractivity contribution in [3.8, 4) is 0 Å². The monoisotopic (exact) mass is 358 g/mol. The molecule has 2 heterocycles. The van der Waals surface area contributed by atoms with Crippen molar-refractivity contribution in [2.75, 3.05) is 0 Å². The largest absolute Gasteiger partial charge is 0.348 e. The van der Waals surface area contributed by atoms with Crippen LogP contribution in [0.25, 0.3) is 0 Å². The summed E-state index contributed by atoms with van der Waals surface area (Å²) in [4.78, 5) is 28.6. The summed E-state index contributed by atoms with van der Waals surface area (Å²) in [7, 11) is 0. The summed E-state index contributed by atoms with van der Waals surface area (Å²) in [5.74, 6) is 0.447. The molecule has 0 unspecified atom stereocenters. The molecule has 0 spiro atoms. The van der Waals surface area contributed by atoms with E-state index in [2.05, 4.69) is 15.4 Å². The number of aromatic nitrogens is 3. The van der Waals surface area contributed by atoms with Crippen LogP contribution in [0.15, 0.2) is 22.3 Å². The van der Waals surface area contributed by atoms with Gasteiger partial charge in [-0.15, -0.1) is 11.3 Å². The summed E-state index contributed by atoms with van der Waals surface area (Å²) in [5, 5.41) is 10.4. The average molecular weight is 358 g/mol. The number of carbonyl (C=O) groups excluding carboxylic acids is 1. The number of rotatable bonds is 4. The van der Waals surface area contributed by atoms with Crippen LogP contribution in [0.4, 0.5) is 0 Å². The third kappa shape index (κ3) is 3.66. The molecule has 1 amide bonds. The SMILES string of the molecule is Cc1nc(C(=O)NC2CCC(n3nc(C4CC4)ccc3=O)CC2)cs1. The minimum Gasteiger partial charge on any atom is -0.348 e. The lowest BCUT2D eigenvalue weighted by Gasteiger charge is -2.29. The van der Waals surface area contributed by atoms with Gasteiger partial charge in [0.1, 0.15) is 5.69 Å².